The lowest BCUT2D eigenvalue weighted by Crippen LogP contribution is -2.17. The fourth-order valence-corrected chi connectivity index (χ4v) is 1.76. The maximum atomic E-state index is 12.5. The van der Waals surface area contributed by atoms with Gasteiger partial charge in [-0.05, 0) is 37.6 Å². The van der Waals surface area contributed by atoms with Gasteiger partial charge in [0.1, 0.15) is 0 Å². The fraction of sp³-hybridized carbons (Fsp3) is 0.462. The van der Waals surface area contributed by atoms with E-state index in [0.717, 1.165) is 12.1 Å². The summed E-state index contributed by atoms with van der Waals surface area (Å²) in [5.74, 6) is -0.433. The minimum absolute atomic E-state index is 0.160. The van der Waals surface area contributed by atoms with Crippen LogP contribution in [0.15, 0.2) is 18.2 Å². The van der Waals surface area contributed by atoms with Crippen molar-refractivity contribution in [2.75, 3.05) is 6.54 Å². The van der Waals surface area contributed by atoms with E-state index < -0.39 is 11.7 Å². The van der Waals surface area contributed by atoms with Crippen LogP contribution in [0.4, 0.5) is 13.2 Å². The summed E-state index contributed by atoms with van der Waals surface area (Å²) in [6.07, 6.45) is -3.85. The Kier molecular flexibility index (Phi) is 4.51. The second-order valence-electron chi connectivity index (χ2n) is 4.37. The summed E-state index contributed by atoms with van der Waals surface area (Å²) < 4.78 is 37.4. The first-order valence-electron chi connectivity index (χ1n) is 5.69. The van der Waals surface area contributed by atoms with Crippen LogP contribution in [0.5, 0.6) is 0 Å². The van der Waals surface area contributed by atoms with E-state index in [9.17, 15) is 18.0 Å². The van der Waals surface area contributed by atoms with Gasteiger partial charge < -0.3 is 5.73 Å². The normalized spacial score (nSPS) is 13.4. The van der Waals surface area contributed by atoms with Gasteiger partial charge in [-0.2, -0.15) is 13.2 Å². The smallest absolute Gasteiger partial charge is 0.330 e. The first-order valence-corrected chi connectivity index (χ1v) is 5.69. The van der Waals surface area contributed by atoms with Crippen LogP contribution in [0.2, 0.25) is 0 Å². The Balaban J connectivity index is 3.03. The average Bonchev–Trinajstić information content (AvgIpc) is 2.27. The number of ketones is 1. The van der Waals surface area contributed by atoms with E-state index in [1.807, 2.05) is 0 Å². The molecule has 1 atom stereocenters. The zero-order valence-corrected chi connectivity index (χ0v) is 10.3. The highest BCUT2D eigenvalue weighted by Gasteiger charge is 2.31. The summed E-state index contributed by atoms with van der Waals surface area (Å²) in [5, 5.41) is 0. The minimum Gasteiger partial charge on any atom is -0.330 e. The van der Waals surface area contributed by atoms with Gasteiger partial charge in [-0.1, -0.05) is 13.0 Å². The van der Waals surface area contributed by atoms with Crippen molar-refractivity contribution in [3.8, 4) is 0 Å². The maximum absolute atomic E-state index is 12.5. The molecule has 2 nitrogen and oxygen atoms in total. The Labute approximate surface area is 104 Å². The Hall–Kier alpha value is -1.36. The molecule has 0 heterocycles. The van der Waals surface area contributed by atoms with E-state index in [-0.39, 0.29) is 11.7 Å². The molecule has 1 aromatic carbocycles. The number of carbonyl (C=O) groups is 1. The zero-order valence-electron chi connectivity index (χ0n) is 10.3. The summed E-state index contributed by atoms with van der Waals surface area (Å²) in [5.41, 5.74) is 5.31. The largest absolute Gasteiger partial charge is 0.416 e. The highest BCUT2D eigenvalue weighted by molar-refractivity contribution is 5.99. The lowest BCUT2D eigenvalue weighted by molar-refractivity contribution is -0.137. The molecule has 0 spiro atoms. The van der Waals surface area contributed by atoms with E-state index in [1.54, 1.807) is 6.92 Å². The van der Waals surface area contributed by atoms with Crippen molar-refractivity contribution < 1.29 is 18.0 Å². The number of aryl methyl sites for hydroxylation is 1. The van der Waals surface area contributed by atoms with Gasteiger partial charge in [0.15, 0.2) is 5.78 Å². The molecule has 0 radical (unpaired) electrons. The minimum atomic E-state index is -4.38. The standard InChI is InChI=1S/C13H16F3NO/c1-8(5-6-17)12(18)11-4-3-10(7-9(11)2)13(14,15)16/h3-4,7-8H,5-6,17H2,1-2H3. The number of benzene rings is 1. The lowest BCUT2D eigenvalue weighted by Gasteiger charge is -2.13. The molecule has 1 unspecified atom stereocenters. The van der Waals surface area contributed by atoms with Gasteiger partial charge in [-0.25, -0.2) is 0 Å². The Morgan fingerprint density at radius 3 is 2.44 bits per heavy atom. The van der Waals surface area contributed by atoms with Crippen molar-refractivity contribution in [2.45, 2.75) is 26.4 Å². The van der Waals surface area contributed by atoms with Gasteiger partial charge >= 0.3 is 6.18 Å². The number of halogens is 3. The molecule has 1 rings (SSSR count). The highest BCUT2D eigenvalue weighted by atomic mass is 19.4. The summed E-state index contributed by atoms with van der Waals surface area (Å²) in [6, 6.07) is 3.19. The van der Waals surface area contributed by atoms with Crippen LogP contribution in [0.25, 0.3) is 0 Å². The second kappa shape index (κ2) is 5.52. The third-order valence-corrected chi connectivity index (χ3v) is 2.87. The SMILES string of the molecule is Cc1cc(C(F)(F)F)ccc1C(=O)C(C)CCN. The van der Waals surface area contributed by atoms with Crippen LogP contribution >= 0.6 is 0 Å². The van der Waals surface area contributed by atoms with Crippen molar-refractivity contribution in [1.29, 1.82) is 0 Å². The van der Waals surface area contributed by atoms with Crippen LogP contribution < -0.4 is 5.73 Å². The molecule has 0 aliphatic rings. The Morgan fingerprint density at radius 1 is 1.39 bits per heavy atom. The molecule has 0 bridgehead atoms. The molecule has 0 amide bonds. The quantitative estimate of drug-likeness (QED) is 0.844. The average molecular weight is 259 g/mol. The number of alkyl halides is 3. The predicted octanol–water partition coefficient (Wildman–Crippen LogP) is 3.18. The third-order valence-electron chi connectivity index (χ3n) is 2.87. The third kappa shape index (κ3) is 3.32. The molecule has 1 aromatic rings. The number of Topliss-reactive ketones (excluding diaryl/α,β-unsaturated/α-hetero) is 1. The summed E-state index contributed by atoms with van der Waals surface area (Å²) in [7, 11) is 0. The van der Waals surface area contributed by atoms with Crippen LogP contribution in [-0.2, 0) is 6.18 Å². The zero-order chi connectivity index (χ0) is 13.9. The van der Waals surface area contributed by atoms with E-state index >= 15 is 0 Å². The van der Waals surface area contributed by atoms with E-state index in [2.05, 4.69) is 0 Å². The molecule has 0 aliphatic heterocycles. The maximum Gasteiger partial charge on any atom is 0.416 e. The van der Waals surface area contributed by atoms with Gasteiger partial charge in [0.2, 0.25) is 0 Å². The van der Waals surface area contributed by atoms with Crippen molar-refractivity contribution in [3.63, 3.8) is 0 Å². The van der Waals surface area contributed by atoms with E-state index in [4.69, 9.17) is 5.73 Å². The first-order chi connectivity index (χ1) is 8.27. The first kappa shape index (κ1) is 14.7. The number of rotatable bonds is 4. The van der Waals surface area contributed by atoms with Crippen molar-refractivity contribution in [1.82, 2.24) is 0 Å². The van der Waals surface area contributed by atoms with Crippen molar-refractivity contribution in [2.24, 2.45) is 11.7 Å². The topological polar surface area (TPSA) is 43.1 Å². The lowest BCUT2D eigenvalue weighted by atomic mass is 9.92. The molecule has 0 fully saturated rings. The number of nitrogens with two attached hydrogens (primary N) is 1. The summed E-state index contributed by atoms with van der Waals surface area (Å²) >= 11 is 0. The Bertz CT molecular complexity index is 440. The summed E-state index contributed by atoms with van der Waals surface area (Å²) in [4.78, 5) is 12.0. The van der Waals surface area contributed by atoms with Gasteiger partial charge in [0.25, 0.3) is 0 Å². The highest BCUT2D eigenvalue weighted by Crippen LogP contribution is 2.31. The van der Waals surface area contributed by atoms with Crippen LogP contribution in [0.3, 0.4) is 0 Å². The van der Waals surface area contributed by atoms with Crippen molar-refractivity contribution in [3.05, 3.63) is 34.9 Å². The molecule has 100 valence electrons. The van der Waals surface area contributed by atoms with E-state index in [0.29, 0.717) is 24.1 Å². The molecule has 18 heavy (non-hydrogen) atoms. The summed E-state index contributed by atoms with van der Waals surface area (Å²) in [6.45, 7) is 3.62. The second-order valence-corrected chi connectivity index (χ2v) is 4.37. The van der Waals surface area contributed by atoms with Gasteiger partial charge in [0, 0.05) is 11.5 Å². The van der Waals surface area contributed by atoms with Crippen molar-refractivity contribution >= 4 is 5.78 Å². The number of carbonyl (C=O) groups excluding carboxylic acids is 1. The molecule has 5 heteroatoms. The predicted molar refractivity (Wildman–Crippen MR) is 63.3 cm³/mol. The van der Waals surface area contributed by atoms with Crippen LogP contribution in [0, 0.1) is 12.8 Å². The molecular weight excluding hydrogens is 243 g/mol. The number of hydrogen-bond donors (Lipinski definition) is 1. The molecule has 0 saturated heterocycles. The molecule has 0 saturated carbocycles. The Morgan fingerprint density at radius 2 is 2.00 bits per heavy atom. The molecular formula is C13H16F3NO. The van der Waals surface area contributed by atoms with Crippen LogP contribution in [-0.4, -0.2) is 12.3 Å². The van der Waals surface area contributed by atoms with E-state index in [1.165, 1.54) is 13.0 Å². The van der Waals surface area contributed by atoms with Gasteiger partial charge in [-0.3, -0.25) is 4.79 Å². The molecule has 0 aromatic heterocycles. The number of hydrogen-bond acceptors (Lipinski definition) is 2. The fourth-order valence-electron chi connectivity index (χ4n) is 1.76. The van der Waals surface area contributed by atoms with Gasteiger partial charge in [0.05, 0.1) is 5.56 Å². The molecule has 2 N–H and O–H groups in total. The monoisotopic (exact) mass is 259 g/mol. The molecule has 0 aliphatic carbocycles. The van der Waals surface area contributed by atoms with Crippen LogP contribution in [0.1, 0.15) is 34.8 Å². The van der Waals surface area contributed by atoms with Gasteiger partial charge in [-0.15, -0.1) is 0 Å².